The molecule has 0 aromatic heterocycles. The average Bonchev–Trinajstić information content (AvgIpc) is 2.55. The summed E-state index contributed by atoms with van der Waals surface area (Å²) in [5, 5.41) is 0. The second-order valence-electron chi connectivity index (χ2n) is 6.71. The van der Waals surface area contributed by atoms with Crippen molar-refractivity contribution in [3.8, 4) is 0 Å². The van der Waals surface area contributed by atoms with E-state index < -0.39 is 0 Å². The number of rotatable bonds is 3. The predicted octanol–water partition coefficient (Wildman–Crippen LogP) is 5.60. The number of benzene rings is 2. The summed E-state index contributed by atoms with van der Waals surface area (Å²) in [6, 6.07) is 17.3. The van der Waals surface area contributed by atoms with Crippen LogP contribution in [-0.4, -0.2) is 5.78 Å². The van der Waals surface area contributed by atoms with Crippen LogP contribution in [0.1, 0.15) is 47.9 Å². The van der Waals surface area contributed by atoms with Crippen molar-refractivity contribution in [2.45, 2.75) is 39.5 Å². The fourth-order valence-corrected chi connectivity index (χ4v) is 3.32. The number of Topliss-reactive ketones (excluding diaryl/α,β-unsaturated/α-hetero) is 1. The lowest BCUT2D eigenvalue weighted by Gasteiger charge is -2.24. The Morgan fingerprint density at radius 1 is 0.957 bits per heavy atom. The average molecular weight is 304 g/mol. The van der Waals surface area contributed by atoms with Gasteiger partial charge in [0.15, 0.2) is 0 Å². The maximum absolute atomic E-state index is 11.9. The molecule has 1 aliphatic rings. The highest BCUT2D eigenvalue weighted by Crippen LogP contribution is 2.35. The first-order chi connectivity index (χ1) is 11.1. The lowest BCUT2D eigenvalue weighted by Crippen LogP contribution is -2.16. The van der Waals surface area contributed by atoms with E-state index in [2.05, 4.69) is 68.5 Å². The van der Waals surface area contributed by atoms with Crippen LogP contribution in [0.3, 0.4) is 0 Å². The molecule has 1 atom stereocenters. The van der Waals surface area contributed by atoms with Crippen LogP contribution in [0, 0.1) is 19.8 Å². The zero-order valence-corrected chi connectivity index (χ0v) is 14.0. The molecule has 1 fully saturated rings. The number of carbonyl (C=O) groups excluding carboxylic acids is 1. The topological polar surface area (TPSA) is 17.1 Å². The summed E-state index contributed by atoms with van der Waals surface area (Å²) in [6.45, 7) is 4.21. The molecular formula is C22H24O. The van der Waals surface area contributed by atoms with Crippen molar-refractivity contribution < 1.29 is 4.79 Å². The van der Waals surface area contributed by atoms with Gasteiger partial charge in [-0.1, -0.05) is 65.7 Å². The Balaban J connectivity index is 2.00. The summed E-state index contributed by atoms with van der Waals surface area (Å²) < 4.78 is 0. The van der Waals surface area contributed by atoms with Gasteiger partial charge in [0, 0.05) is 12.8 Å². The van der Waals surface area contributed by atoms with E-state index in [-0.39, 0.29) is 0 Å². The van der Waals surface area contributed by atoms with Gasteiger partial charge in [0.05, 0.1) is 0 Å². The van der Waals surface area contributed by atoms with Crippen molar-refractivity contribution in [1.29, 1.82) is 0 Å². The standard InChI is InChI=1S/C22H24O/c1-16-6-10-18(11-7-16)14-22(19-12-8-17(2)9-13-19)20-4-3-5-21(23)15-20/h6-14,20H,3-5,15H2,1-2H3/b22-14+. The molecule has 118 valence electrons. The number of allylic oxidation sites excluding steroid dienone is 1. The molecular weight excluding hydrogens is 280 g/mol. The minimum absolute atomic E-state index is 0.347. The SMILES string of the molecule is Cc1ccc(/C=C(\c2ccc(C)cc2)C2CCCC(=O)C2)cc1. The van der Waals surface area contributed by atoms with E-state index in [4.69, 9.17) is 0 Å². The monoisotopic (exact) mass is 304 g/mol. The third-order valence-electron chi connectivity index (χ3n) is 4.71. The summed E-state index contributed by atoms with van der Waals surface area (Å²) >= 11 is 0. The Bertz CT molecular complexity index is 705. The van der Waals surface area contributed by atoms with Gasteiger partial charge in [0.25, 0.3) is 0 Å². The van der Waals surface area contributed by atoms with Gasteiger partial charge in [-0.25, -0.2) is 0 Å². The second kappa shape index (κ2) is 6.95. The van der Waals surface area contributed by atoms with Gasteiger partial charge < -0.3 is 0 Å². The molecule has 0 heterocycles. The van der Waals surface area contributed by atoms with Gasteiger partial charge in [0.1, 0.15) is 5.78 Å². The van der Waals surface area contributed by atoms with Crippen LogP contribution in [0.5, 0.6) is 0 Å². The smallest absolute Gasteiger partial charge is 0.133 e. The van der Waals surface area contributed by atoms with Gasteiger partial charge in [-0.2, -0.15) is 0 Å². The first-order valence-electron chi connectivity index (χ1n) is 8.49. The zero-order chi connectivity index (χ0) is 16.2. The number of hydrogen-bond donors (Lipinski definition) is 0. The quantitative estimate of drug-likeness (QED) is 0.674. The fraction of sp³-hybridized carbons (Fsp3) is 0.318. The molecule has 2 aromatic rings. The van der Waals surface area contributed by atoms with Gasteiger partial charge >= 0.3 is 0 Å². The first kappa shape index (κ1) is 15.7. The molecule has 1 saturated carbocycles. The van der Waals surface area contributed by atoms with Crippen LogP contribution >= 0.6 is 0 Å². The zero-order valence-electron chi connectivity index (χ0n) is 14.0. The highest BCUT2D eigenvalue weighted by atomic mass is 16.1. The summed E-state index contributed by atoms with van der Waals surface area (Å²) in [6.07, 6.45) is 5.83. The second-order valence-corrected chi connectivity index (χ2v) is 6.71. The van der Waals surface area contributed by atoms with Crippen LogP contribution in [0.4, 0.5) is 0 Å². The van der Waals surface area contributed by atoms with Crippen molar-refractivity contribution in [2.24, 2.45) is 5.92 Å². The van der Waals surface area contributed by atoms with Gasteiger partial charge in [-0.3, -0.25) is 4.79 Å². The van der Waals surface area contributed by atoms with E-state index in [1.807, 2.05) is 0 Å². The van der Waals surface area contributed by atoms with E-state index in [1.165, 1.54) is 27.8 Å². The van der Waals surface area contributed by atoms with Crippen molar-refractivity contribution >= 4 is 17.4 Å². The largest absolute Gasteiger partial charge is 0.300 e. The first-order valence-corrected chi connectivity index (χ1v) is 8.49. The summed E-state index contributed by atoms with van der Waals surface area (Å²) in [5.41, 5.74) is 6.30. The third-order valence-corrected chi connectivity index (χ3v) is 4.71. The van der Waals surface area contributed by atoms with E-state index in [0.717, 1.165) is 19.3 Å². The molecule has 0 spiro atoms. The molecule has 0 N–H and O–H groups in total. The number of hydrogen-bond acceptors (Lipinski definition) is 1. The van der Waals surface area contributed by atoms with Gasteiger partial charge in [-0.15, -0.1) is 0 Å². The molecule has 0 saturated heterocycles. The molecule has 0 bridgehead atoms. The third kappa shape index (κ3) is 3.98. The Labute approximate surface area is 139 Å². The number of aryl methyl sites for hydroxylation is 2. The predicted molar refractivity (Wildman–Crippen MR) is 97.2 cm³/mol. The molecule has 0 amide bonds. The molecule has 1 unspecified atom stereocenters. The normalized spacial score (nSPS) is 19.0. The Kier molecular flexibility index (Phi) is 4.76. The van der Waals surface area contributed by atoms with E-state index in [1.54, 1.807) is 0 Å². The van der Waals surface area contributed by atoms with Crippen molar-refractivity contribution in [1.82, 2.24) is 0 Å². The highest BCUT2D eigenvalue weighted by Gasteiger charge is 2.23. The van der Waals surface area contributed by atoms with Crippen molar-refractivity contribution in [3.63, 3.8) is 0 Å². The van der Waals surface area contributed by atoms with E-state index in [9.17, 15) is 4.79 Å². The van der Waals surface area contributed by atoms with Crippen LogP contribution < -0.4 is 0 Å². The van der Waals surface area contributed by atoms with Crippen LogP contribution in [-0.2, 0) is 4.79 Å². The highest BCUT2D eigenvalue weighted by molar-refractivity contribution is 5.88. The summed E-state index contributed by atoms with van der Waals surface area (Å²) in [4.78, 5) is 11.9. The van der Waals surface area contributed by atoms with Crippen LogP contribution in [0.25, 0.3) is 11.6 Å². The van der Waals surface area contributed by atoms with Crippen LogP contribution in [0.2, 0.25) is 0 Å². The van der Waals surface area contributed by atoms with Gasteiger partial charge in [-0.05, 0) is 49.3 Å². The van der Waals surface area contributed by atoms with Gasteiger partial charge in [0.2, 0.25) is 0 Å². The fourth-order valence-electron chi connectivity index (χ4n) is 3.32. The lowest BCUT2D eigenvalue weighted by atomic mass is 9.79. The Morgan fingerprint density at radius 3 is 2.17 bits per heavy atom. The molecule has 3 rings (SSSR count). The summed E-state index contributed by atoms with van der Waals surface area (Å²) in [7, 11) is 0. The minimum Gasteiger partial charge on any atom is -0.300 e. The van der Waals surface area contributed by atoms with E-state index in [0.29, 0.717) is 18.1 Å². The molecule has 23 heavy (non-hydrogen) atoms. The lowest BCUT2D eigenvalue weighted by molar-refractivity contribution is -0.120. The molecule has 0 aliphatic heterocycles. The van der Waals surface area contributed by atoms with E-state index >= 15 is 0 Å². The molecule has 1 nitrogen and oxygen atoms in total. The Hall–Kier alpha value is -2.15. The van der Waals surface area contributed by atoms with Crippen molar-refractivity contribution in [2.75, 3.05) is 0 Å². The minimum atomic E-state index is 0.347. The summed E-state index contributed by atoms with van der Waals surface area (Å²) in [5.74, 6) is 0.753. The molecule has 0 radical (unpaired) electrons. The number of carbonyl (C=O) groups is 1. The number of ketones is 1. The molecule has 2 aromatic carbocycles. The Morgan fingerprint density at radius 2 is 1.57 bits per heavy atom. The maximum Gasteiger partial charge on any atom is 0.133 e. The maximum atomic E-state index is 11.9. The molecule has 1 aliphatic carbocycles. The van der Waals surface area contributed by atoms with Crippen LogP contribution in [0.15, 0.2) is 48.5 Å². The molecule has 1 heteroatoms. The van der Waals surface area contributed by atoms with Crippen molar-refractivity contribution in [3.05, 3.63) is 70.8 Å².